The molecule has 1 rings (SSSR count). The third-order valence-corrected chi connectivity index (χ3v) is 1.56. The molecule has 0 N–H and O–H groups in total. The van der Waals surface area contributed by atoms with Gasteiger partial charge >= 0.3 is 0 Å². The second kappa shape index (κ2) is 10.7. The van der Waals surface area contributed by atoms with Crippen LogP contribution in [0.2, 0.25) is 0 Å². The Hall–Kier alpha value is -1.38. The molecule has 0 fully saturated rings. The van der Waals surface area contributed by atoms with Crippen molar-refractivity contribution in [3.8, 4) is 0 Å². The summed E-state index contributed by atoms with van der Waals surface area (Å²) in [4.78, 5) is 9.82. The van der Waals surface area contributed by atoms with Crippen LogP contribution in [0.5, 0.6) is 0 Å². The number of hydrogen-bond acceptors (Lipinski definition) is 2. The van der Waals surface area contributed by atoms with Crippen molar-refractivity contribution >= 4 is 5.69 Å². The Morgan fingerprint density at radius 2 is 1.47 bits per heavy atom. The maximum Gasteiger partial charge on any atom is 0.269 e. The first-order chi connectivity index (χ1) is 7.24. The molecule has 1 aromatic carbocycles. The fourth-order valence-electron chi connectivity index (χ4n) is 0.853. The predicted molar refractivity (Wildman–Crippen MR) is 65.2 cm³/mol. The van der Waals surface area contributed by atoms with Crippen molar-refractivity contribution in [2.75, 3.05) is 0 Å². The summed E-state index contributed by atoms with van der Waals surface area (Å²) >= 11 is 0. The number of nitro benzene ring substituents is 1. The highest BCUT2D eigenvalue weighted by molar-refractivity contribution is 5.32. The summed E-state index contributed by atoms with van der Waals surface area (Å²) in [6.45, 7) is 10.0. The first-order valence-corrected chi connectivity index (χ1v) is 5.47. The second-order valence-electron chi connectivity index (χ2n) is 2.28. The summed E-state index contributed by atoms with van der Waals surface area (Å²) < 4.78 is 0. The number of aryl methyl sites for hydroxylation is 1. The summed E-state index contributed by atoms with van der Waals surface area (Å²) in [6, 6.07) is 6.61. The molecule has 0 bridgehead atoms. The van der Waals surface area contributed by atoms with Gasteiger partial charge in [-0.15, -0.1) is 0 Å². The monoisotopic (exact) mass is 211 g/mol. The summed E-state index contributed by atoms with van der Waals surface area (Å²) in [5.41, 5.74) is 1.28. The minimum absolute atomic E-state index is 0.155. The molecule has 0 atom stereocenters. The number of nitrogens with zero attached hydrogens (tertiary/aromatic N) is 1. The Labute approximate surface area is 92.3 Å². The van der Waals surface area contributed by atoms with E-state index in [1.807, 2.05) is 34.6 Å². The molecule has 0 aliphatic rings. The number of benzene rings is 1. The van der Waals surface area contributed by atoms with Crippen molar-refractivity contribution in [1.82, 2.24) is 0 Å². The summed E-state index contributed by atoms with van der Waals surface area (Å²) in [7, 11) is 0. The smallest absolute Gasteiger partial charge is 0.258 e. The van der Waals surface area contributed by atoms with Gasteiger partial charge in [-0.05, 0) is 12.0 Å². The van der Waals surface area contributed by atoms with Crippen LogP contribution in [0.15, 0.2) is 24.3 Å². The molecule has 1 aromatic rings. The lowest BCUT2D eigenvalue weighted by Gasteiger charge is -1.93. The van der Waals surface area contributed by atoms with E-state index in [1.54, 1.807) is 12.1 Å². The lowest BCUT2D eigenvalue weighted by Crippen LogP contribution is -1.87. The maximum absolute atomic E-state index is 10.2. The van der Waals surface area contributed by atoms with Gasteiger partial charge in [-0.1, -0.05) is 46.8 Å². The van der Waals surface area contributed by atoms with E-state index < -0.39 is 0 Å². The van der Waals surface area contributed by atoms with Gasteiger partial charge in [0.15, 0.2) is 0 Å². The highest BCUT2D eigenvalue weighted by atomic mass is 16.6. The molecular weight excluding hydrogens is 190 g/mol. The highest BCUT2D eigenvalue weighted by Gasteiger charge is 2.01. The van der Waals surface area contributed by atoms with Crippen molar-refractivity contribution in [3.05, 3.63) is 39.9 Å². The minimum atomic E-state index is -0.389. The average Bonchev–Trinajstić information content (AvgIpc) is 2.34. The first-order valence-electron chi connectivity index (χ1n) is 5.47. The van der Waals surface area contributed by atoms with Crippen molar-refractivity contribution in [2.45, 2.75) is 41.0 Å². The van der Waals surface area contributed by atoms with E-state index in [-0.39, 0.29) is 10.6 Å². The number of nitro groups is 1. The van der Waals surface area contributed by atoms with E-state index in [0.717, 1.165) is 12.0 Å². The second-order valence-corrected chi connectivity index (χ2v) is 2.28. The number of rotatable bonds is 2. The van der Waals surface area contributed by atoms with E-state index in [4.69, 9.17) is 0 Å². The summed E-state index contributed by atoms with van der Waals surface area (Å²) in [5, 5.41) is 10.2. The van der Waals surface area contributed by atoms with Gasteiger partial charge in [0.1, 0.15) is 0 Å². The van der Waals surface area contributed by atoms with Crippen LogP contribution in [-0.2, 0) is 6.42 Å². The molecule has 15 heavy (non-hydrogen) atoms. The Balaban J connectivity index is 0. The van der Waals surface area contributed by atoms with Crippen LogP contribution < -0.4 is 0 Å². The van der Waals surface area contributed by atoms with Crippen LogP contribution in [0.3, 0.4) is 0 Å². The molecule has 86 valence electrons. The van der Waals surface area contributed by atoms with Gasteiger partial charge in [0.05, 0.1) is 4.92 Å². The van der Waals surface area contributed by atoms with Gasteiger partial charge in [0, 0.05) is 12.1 Å². The molecule has 0 radical (unpaired) electrons. The molecule has 0 spiro atoms. The Morgan fingerprint density at radius 3 is 1.73 bits per heavy atom. The molecule has 3 nitrogen and oxygen atoms in total. The molecule has 0 aliphatic carbocycles. The van der Waals surface area contributed by atoms with Crippen LogP contribution in [-0.4, -0.2) is 4.92 Å². The fourth-order valence-corrected chi connectivity index (χ4v) is 0.853. The Bertz CT molecular complexity index is 255. The van der Waals surface area contributed by atoms with E-state index in [2.05, 4.69) is 0 Å². The SMILES string of the molecule is CC.CC.CCc1ccc([N+](=O)[O-])cc1. The lowest BCUT2D eigenvalue weighted by molar-refractivity contribution is -0.384. The van der Waals surface area contributed by atoms with Gasteiger partial charge in [-0.2, -0.15) is 0 Å². The van der Waals surface area contributed by atoms with Gasteiger partial charge in [-0.3, -0.25) is 10.1 Å². The first kappa shape index (κ1) is 16.1. The van der Waals surface area contributed by atoms with E-state index in [0.29, 0.717) is 0 Å². The van der Waals surface area contributed by atoms with Gasteiger partial charge < -0.3 is 0 Å². The third-order valence-electron chi connectivity index (χ3n) is 1.56. The lowest BCUT2D eigenvalue weighted by atomic mass is 10.2. The summed E-state index contributed by atoms with van der Waals surface area (Å²) in [6.07, 6.45) is 0.915. The zero-order valence-corrected chi connectivity index (χ0v) is 10.3. The number of non-ortho nitro benzene ring substituents is 1. The molecular formula is C12H21NO2. The zero-order chi connectivity index (χ0) is 12.3. The third kappa shape index (κ3) is 6.66. The van der Waals surface area contributed by atoms with Crippen molar-refractivity contribution < 1.29 is 4.92 Å². The molecule has 0 aromatic heterocycles. The largest absolute Gasteiger partial charge is 0.269 e. The maximum atomic E-state index is 10.2. The molecule has 3 heteroatoms. The highest BCUT2D eigenvalue weighted by Crippen LogP contribution is 2.11. The van der Waals surface area contributed by atoms with Crippen LogP contribution in [0.1, 0.15) is 40.2 Å². The van der Waals surface area contributed by atoms with E-state index in [1.165, 1.54) is 12.1 Å². The quantitative estimate of drug-likeness (QED) is 0.543. The Morgan fingerprint density at radius 1 is 1.07 bits per heavy atom. The molecule has 0 saturated heterocycles. The van der Waals surface area contributed by atoms with E-state index in [9.17, 15) is 10.1 Å². The fraction of sp³-hybridized carbons (Fsp3) is 0.500. The van der Waals surface area contributed by atoms with Gasteiger partial charge in [0.25, 0.3) is 5.69 Å². The average molecular weight is 211 g/mol. The van der Waals surface area contributed by atoms with Crippen molar-refractivity contribution in [2.24, 2.45) is 0 Å². The number of hydrogen-bond donors (Lipinski definition) is 0. The van der Waals surface area contributed by atoms with Crippen LogP contribution >= 0.6 is 0 Å². The molecule has 0 saturated carbocycles. The summed E-state index contributed by atoms with van der Waals surface area (Å²) in [5.74, 6) is 0. The normalized spacial score (nSPS) is 7.80. The van der Waals surface area contributed by atoms with Crippen molar-refractivity contribution in [3.63, 3.8) is 0 Å². The van der Waals surface area contributed by atoms with Crippen LogP contribution in [0.25, 0.3) is 0 Å². The zero-order valence-electron chi connectivity index (χ0n) is 10.3. The molecule has 0 aliphatic heterocycles. The standard InChI is InChI=1S/C8H9NO2.2C2H6/c1-2-7-3-5-8(6-4-7)9(10)11;2*1-2/h3-6H,2H2,1H3;2*1-2H3. The van der Waals surface area contributed by atoms with Gasteiger partial charge in [0.2, 0.25) is 0 Å². The van der Waals surface area contributed by atoms with Crippen LogP contribution in [0.4, 0.5) is 5.69 Å². The predicted octanol–water partition coefficient (Wildman–Crippen LogP) is 4.21. The van der Waals surface area contributed by atoms with E-state index >= 15 is 0 Å². The molecule has 0 unspecified atom stereocenters. The minimum Gasteiger partial charge on any atom is -0.258 e. The van der Waals surface area contributed by atoms with Crippen molar-refractivity contribution in [1.29, 1.82) is 0 Å². The van der Waals surface area contributed by atoms with Crippen LogP contribution in [0, 0.1) is 10.1 Å². The topological polar surface area (TPSA) is 43.1 Å². The molecule has 0 amide bonds. The molecule has 0 heterocycles. The van der Waals surface area contributed by atoms with Gasteiger partial charge in [-0.25, -0.2) is 0 Å². The Kier molecular flexibility index (Phi) is 11.5.